The molecule has 0 heterocycles. The molecule has 1 aliphatic carbocycles. The minimum atomic E-state index is -0.469. The van der Waals surface area contributed by atoms with Gasteiger partial charge in [-0.15, -0.1) is 0 Å². The average Bonchev–Trinajstić information content (AvgIpc) is 2.39. The smallest absolute Gasteiger partial charge is 0.407 e. The molecule has 1 rings (SSSR count). The molecule has 5 nitrogen and oxygen atoms in total. The van der Waals surface area contributed by atoms with Crippen LogP contribution in [-0.4, -0.2) is 30.3 Å². The lowest BCUT2D eigenvalue weighted by molar-refractivity contribution is -0.145. The summed E-state index contributed by atoms with van der Waals surface area (Å²) in [6.45, 7) is 8.17. The van der Waals surface area contributed by atoms with Gasteiger partial charge in [-0.1, -0.05) is 13.3 Å². The van der Waals surface area contributed by atoms with Gasteiger partial charge in [0, 0.05) is 12.5 Å². The van der Waals surface area contributed by atoms with E-state index in [1.807, 2.05) is 20.8 Å². The third-order valence-electron chi connectivity index (χ3n) is 3.78. The molecule has 1 N–H and O–H groups in total. The zero-order chi connectivity index (χ0) is 16.6. The first kappa shape index (κ1) is 18.8. The van der Waals surface area contributed by atoms with E-state index in [0.717, 1.165) is 38.5 Å². The van der Waals surface area contributed by atoms with Crippen molar-refractivity contribution in [3.8, 4) is 0 Å². The van der Waals surface area contributed by atoms with Gasteiger partial charge in [0.15, 0.2) is 0 Å². The highest BCUT2D eigenvalue weighted by atomic mass is 16.6. The zero-order valence-corrected chi connectivity index (χ0v) is 14.4. The van der Waals surface area contributed by atoms with Crippen LogP contribution in [0.5, 0.6) is 0 Å². The van der Waals surface area contributed by atoms with E-state index in [-0.39, 0.29) is 18.1 Å². The molecule has 128 valence electrons. The fraction of sp³-hybridized carbons (Fsp3) is 0.882. The summed E-state index contributed by atoms with van der Waals surface area (Å²) in [4.78, 5) is 23.4. The van der Waals surface area contributed by atoms with Crippen molar-refractivity contribution in [2.75, 3.05) is 6.61 Å². The molecule has 0 radical (unpaired) electrons. The summed E-state index contributed by atoms with van der Waals surface area (Å²) in [7, 11) is 0. The molecule has 1 aliphatic rings. The summed E-state index contributed by atoms with van der Waals surface area (Å²) in [5, 5.41) is 2.91. The number of ether oxygens (including phenoxy) is 2. The van der Waals surface area contributed by atoms with Gasteiger partial charge in [-0.3, -0.25) is 4.79 Å². The number of amides is 1. The third kappa shape index (κ3) is 8.25. The molecule has 0 saturated heterocycles. The van der Waals surface area contributed by atoms with E-state index in [0.29, 0.717) is 18.9 Å². The van der Waals surface area contributed by atoms with Gasteiger partial charge in [0.1, 0.15) is 5.60 Å². The van der Waals surface area contributed by atoms with E-state index in [9.17, 15) is 9.59 Å². The predicted octanol–water partition coefficient (Wildman–Crippen LogP) is 3.80. The Hall–Kier alpha value is -1.26. The van der Waals surface area contributed by atoms with Gasteiger partial charge in [-0.25, -0.2) is 4.79 Å². The minimum absolute atomic E-state index is 0.0861. The first-order chi connectivity index (χ1) is 10.3. The van der Waals surface area contributed by atoms with Crippen molar-refractivity contribution >= 4 is 12.1 Å². The molecule has 22 heavy (non-hydrogen) atoms. The maximum Gasteiger partial charge on any atom is 0.407 e. The lowest BCUT2D eigenvalue weighted by Crippen LogP contribution is -2.41. The van der Waals surface area contributed by atoms with E-state index < -0.39 is 5.60 Å². The van der Waals surface area contributed by atoms with Crippen LogP contribution in [0.15, 0.2) is 0 Å². The van der Waals surface area contributed by atoms with Crippen LogP contribution < -0.4 is 5.32 Å². The standard InChI is InChI=1S/C17H31NO4/c1-5-6-11-21-15(19)12-13-7-9-14(10-8-13)18-16(20)22-17(2,3)4/h13-14H,5-12H2,1-4H3,(H,18,20). The van der Waals surface area contributed by atoms with Crippen LogP contribution in [-0.2, 0) is 14.3 Å². The molecule has 0 atom stereocenters. The number of esters is 1. The molecule has 0 unspecified atom stereocenters. The van der Waals surface area contributed by atoms with E-state index in [4.69, 9.17) is 9.47 Å². The first-order valence-corrected chi connectivity index (χ1v) is 8.45. The van der Waals surface area contributed by atoms with Gasteiger partial charge >= 0.3 is 12.1 Å². The highest BCUT2D eigenvalue weighted by Crippen LogP contribution is 2.27. The Bertz CT molecular complexity index is 354. The monoisotopic (exact) mass is 313 g/mol. The largest absolute Gasteiger partial charge is 0.466 e. The number of hydrogen-bond acceptors (Lipinski definition) is 4. The molecule has 0 bridgehead atoms. The zero-order valence-electron chi connectivity index (χ0n) is 14.4. The molecule has 0 aromatic carbocycles. The van der Waals surface area contributed by atoms with Crippen molar-refractivity contribution in [1.29, 1.82) is 0 Å². The van der Waals surface area contributed by atoms with Crippen LogP contribution in [0.1, 0.15) is 72.6 Å². The number of rotatable bonds is 6. The van der Waals surface area contributed by atoms with Gasteiger partial charge in [0.05, 0.1) is 6.61 Å². The third-order valence-corrected chi connectivity index (χ3v) is 3.78. The maximum absolute atomic E-state index is 11.7. The van der Waals surface area contributed by atoms with Crippen LogP contribution in [0.4, 0.5) is 4.79 Å². The topological polar surface area (TPSA) is 64.6 Å². The Labute approximate surface area is 134 Å². The number of carbonyl (C=O) groups excluding carboxylic acids is 2. The highest BCUT2D eigenvalue weighted by molar-refractivity contribution is 5.69. The lowest BCUT2D eigenvalue weighted by atomic mass is 9.84. The molecule has 0 aromatic rings. The van der Waals surface area contributed by atoms with Crippen molar-refractivity contribution in [2.24, 2.45) is 5.92 Å². The Morgan fingerprint density at radius 1 is 1.14 bits per heavy atom. The maximum atomic E-state index is 11.7. The second-order valence-corrected chi connectivity index (χ2v) is 7.14. The summed E-state index contributed by atoms with van der Waals surface area (Å²) < 4.78 is 10.5. The second-order valence-electron chi connectivity index (χ2n) is 7.14. The predicted molar refractivity (Wildman–Crippen MR) is 85.6 cm³/mol. The SMILES string of the molecule is CCCCOC(=O)CC1CCC(NC(=O)OC(C)(C)C)CC1. The molecule has 5 heteroatoms. The van der Waals surface area contributed by atoms with Gasteiger partial charge < -0.3 is 14.8 Å². The van der Waals surface area contributed by atoms with Crippen molar-refractivity contribution in [2.45, 2.75) is 84.3 Å². The molecule has 0 spiro atoms. The average molecular weight is 313 g/mol. The lowest BCUT2D eigenvalue weighted by Gasteiger charge is -2.29. The second kappa shape index (κ2) is 9.01. The van der Waals surface area contributed by atoms with E-state index in [1.54, 1.807) is 0 Å². The summed E-state index contributed by atoms with van der Waals surface area (Å²) in [6.07, 6.45) is 5.80. The van der Waals surface area contributed by atoms with Crippen molar-refractivity contribution < 1.29 is 19.1 Å². The summed E-state index contributed by atoms with van der Waals surface area (Å²) in [6, 6.07) is 0.155. The number of nitrogens with one attached hydrogen (secondary N) is 1. The first-order valence-electron chi connectivity index (χ1n) is 8.45. The molecular weight excluding hydrogens is 282 g/mol. The highest BCUT2D eigenvalue weighted by Gasteiger charge is 2.26. The quantitative estimate of drug-likeness (QED) is 0.598. The summed E-state index contributed by atoms with van der Waals surface area (Å²) in [5.41, 5.74) is -0.469. The number of alkyl carbamates (subject to hydrolysis) is 1. The number of hydrogen-bond donors (Lipinski definition) is 1. The van der Waals surface area contributed by atoms with Crippen LogP contribution in [0, 0.1) is 5.92 Å². The molecule has 0 aliphatic heterocycles. The fourth-order valence-corrected chi connectivity index (χ4v) is 2.61. The number of carbonyl (C=O) groups is 2. The Kier molecular flexibility index (Phi) is 7.69. The number of unbranched alkanes of at least 4 members (excludes halogenated alkanes) is 1. The molecule has 1 saturated carbocycles. The fourth-order valence-electron chi connectivity index (χ4n) is 2.61. The Morgan fingerprint density at radius 3 is 2.32 bits per heavy atom. The Balaban J connectivity index is 2.20. The van der Waals surface area contributed by atoms with Gasteiger partial charge in [0.2, 0.25) is 0 Å². The van der Waals surface area contributed by atoms with E-state index in [1.165, 1.54) is 0 Å². The van der Waals surface area contributed by atoms with Gasteiger partial charge in [-0.2, -0.15) is 0 Å². The molecule has 1 amide bonds. The van der Waals surface area contributed by atoms with Gasteiger partial charge in [0.25, 0.3) is 0 Å². The minimum Gasteiger partial charge on any atom is -0.466 e. The molecule has 1 fully saturated rings. The van der Waals surface area contributed by atoms with E-state index >= 15 is 0 Å². The van der Waals surface area contributed by atoms with Crippen molar-refractivity contribution in [1.82, 2.24) is 5.32 Å². The van der Waals surface area contributed by atoms with Gasteiger partial charge in [-0.05, 0) is 58.8 Å². The van der Waals surface area contributed by atoms with Crippen molar-refractivity contribution in [3.63, 3.8) is 0 Å². The van der Waals surface area contributed by atoms with E-state index in [2.05, 4.69) is 12.2 Å². The normalized spacial score (nSPS) is 22.0. The molecule has 0 aromatic heterocycles. The molecular formula is C17H31NO4. The van der Waals surface area contributed by atoms with Crippen LogP contribution in [0.25, 0.3) is 0 Å². The van der Waals surface area contributed by atoms with Crippen LogP contribution in [0.3, 0.4) is 0 Å². The summed E-state index contributed by atoms with van der Waals surface area (Å²) in [5.74, 6) is 0.294. The van der Waals surface area contributed by atoms with Crippen LogP contribution >= 0.6 is 0 Å². The Morgan fingerprint density at radius 2 is 1.77 bits per heavy atom. The van der Waals surface area contributed by atoms with Crippen molar-refractivity contribution in [3.05, 3.63) is 0 Å². The summed E-state index contributed by atoms with van der Waals surface area (Å²) >= 11 is 0. The van der Waals surface area contributed by atoms with Crippen LogP contribution in [0.2, 0.25) is 0 Å².